The number of aliphatic carboxylic acids is 1. The van der Waals surface area contributed by atoms with Crippen LogP contribution in [0.2, 0.25) is 5.02 Å². The molecule has 0 amide bonds. The molecule has 1 N–H and O–H groups in total. The molecular formula is C24H21ClO4. The average molecular weight is 409 g/mol. The van der Waals surface area contributed by atoms with Crippen LogP contribution in [0.1, 0.15) is 29.3 Å². The number of halogens is 1. The summed E-state index contributed by atoms with van der Waals surface area (Å²) in [6.07, 6.45) is -0.200. The number of para-hydroxylation sites is 1. The largest absolute Gasteiger partial charge is 0.479 e. The van der Waals surface area contributed by atoms with Gasteiger partial charge in [-0.1, -0.05) is 60.1 Å². The van der Waals surface area contributed by atoms with Gasteiger partial charge in [0.25, 0.3) is 0 Å². The summed E-state index contributed by atoms with van der Waals surface area (Å²) in [5, 5.41) is 10.2. The summed E-state index contributed by atoms with van der Waals surface area (Å²) in [6.45, 7) is 1.43. The van der Waals surface area contributed by atoms with Crippen molar-refractivity contribution in [2.24, 2.45) is 0 Å². The number of Topliss-reactive ketones (excluding diaryl/α,β-unsaturated/α-hetero) is 1. The molecule has 0 spiro atoms. The minimum absolute atomic E-state index is 0.164. The molecule has 1 unspecified atom stereocenters. The van der Waals surface area contributed by atoms with E-state index in [0.29, 0.717) is 29.2 Å². The van der Waals surface area contributed by atoms with Crippen molar-refractivity contribution >= 4 is 23.4 Å². The second kappa shape index (κ2) is 9.39. The number of hydrogen-bond donors (Lipinski definition) is 1. The Bertz CT molecular complexity index is 994. The second-order valence-corrected chi connectivity index (χ2v) is 7.18. The van der Waals surface area contributed by atoms with E-state index in [0.717, 1.165) is 16.7 Å². The Morgan fingerprint density at radius 3 is 2.10 bits per heavy atom. The van der Waals surface area contributed by atoms with Gasteiger partial charge in [0, 0.05) is 5.02 Å². The molecule has 3 aromatic carbocycles. The number of ether oxygens (including phenoxy) is 1. The Balaban J connectivity index is 1.67. The Labute approximate surface area is 174 Å². The third-order valence-electron chi connectivity index (χ3n) is 4.64. The molecule has 0 radical (unpaired) electrons. The number of aryl methyl sites for hydroxylation is 1. The normalized spacial score (nSPS) is 11.7. The zero-order chi connectivity index (χ0) is 20.8. The summed E-state index contributed by atoms with van der Waals surface area (Å²) in [5.41, 5.74) is 3.52. The van der Waals surface area contributed by atoms with E-state index in [-0.39, 0.29) is 5.78 Å². The van der Waals surface area contributed by atoms with E-state index in [1.165, 1.54) is 6.92 Å². The van der Waals surface area contributed by atoms with Gasteiger partial charge in [-0.3, -0.25) is 4.79 Å². The molecule has 0 fully saturated rings. The van der Waals surface area contributed by atoms with Crippen LogP contribution in [0.3, 0.4) is 0 Å². The van der Waals surface area contributed by atoms with Crippen molar-refractivity contribution < 1.29 is 19.4 Å². The van der Waals surface area contributed by atoms with Gasteiger partial charge in [-0.05, 0) is 60.7 Å². The SMILES string of the molecule is CC(=O)c1ccccc1OC(CCc1ccc(-c2ccc(Cl)cc2)cc1)C(=O)O. The van der Waals surface area contributed by atoms with Crippen LogP contribution in [0.15, 0.2) is 72.8 Å². The zero-order valence-corrected chi connectivity index (χ0v) is 16.7. The van der Waals surface area contributed by atoms with Crippen LogP contribution in [-0.4, -0.2) is 23.0 Å². The van der Waals surface area contributed by atoms with Gasteiger partial charge in [0.2, 0.25) is 0 Å². The molecule has 3 rings (SSSR count). The lowest BCUT2D eigenvalue weighted by atomic mass is 10.0. The van der Waals surface area contributed by atoms with Crippen LogP contribution in [0, 0.1) is 0 Å². The van der Waals surface area contributed by atoms with Crippen LogP contribution >= 0.6 is 11.6 Å². The van der Waals surface area contributed by atoms with Crippen LogP contribution in [0.5, 0.6) is 5.75 Å². The van der Waals surface area contributed by atoms with Crippen molar-refractivity contribution in [3.63, 3.8) is 0 Å². The number of rotatable bonds is 8. The Morgan fingerprint density at radius 2 is 1.52 bits per heavy atom. The van der Waals surface area contributed by atoms with E-state index in [1.807, 2.05) is 48.5 Å². The number of carboxylic acids is 1. The van der Waals surface area contributed by atoms with Crippen LogP contribution < -0.4 is 4.74 Å². The van der Waals surface area contributed by atoms with Gasteiger partial charge in [0.1, 0.15) is 5.75 Å². The van der Waals surface area contributed by atoms with Gasteiger partial charge in [-0.15, -0.1) is 0 Å². The molecule has 0 bridgehead atoms. The van der Waals surface area contributed by atoms with E-state index >= 15 is 0 Å². The highest BCUT2D eigenvalue weighted by Crippen LogP contribution is 2.24. The summed E-state index contributed by atoms with van der Waals surface area (Å²) in [4.78, 5) is 23.4. The molecular weight excluding hydrogens is 388 g/mol. The topological polar surface area (TPSA) is 63.6 Å². The van der Waals surface area contributed by atoms with Crippen molar-refractivity contribution in [3.8, 4) is 16.9 Å². The fourth-order valence-electron chi connectivity index (χ4n) is 3.05. The Kier molecular flexibility index (Phi) is 6.68. The molecule has 0 aromatic heterocycles. The van der Waals surface area contributed by atoms with Gasteiger partial charge < -0.3 is 9.84 Å². The summed E-state index contributed by atoms with van der Waals surface area (Å²) < 4.78 is 5.66. The van der Waals surface area contributed by atoms with E-state index in [1.54, 1.807) is 24.3 Å². The maximum atomic E-state index is 11.7. The first-order valence-electron chi connectivity index (χ1n) is 9.28. The van der Waals surface area contributed by atoms with Crippen molar-refractivity contribution in [2.45, 2.75) is 25.9 Å². The maximum absolute atomic E-state index is 11.7. The van der Waals surface area contributed by atoms with E-state index in [2.05, 4.69) is 0 Å². The molecule has 0 aliphatic carbocycles. The molecule has 3 aromatic rings. The zero-order valence-electron chi connectivity index (χ0n) is 16.0. The number of ketones is 1. The second-order valence-electron chi connectivity index (χ2n) is 6.74. The minimum atomic E-state index is -1.05. The van der Waals surface area contributed by atoms with Gasteiger partial charge >= 0.3 is 5.97 Å². The molecule has 0 aliphatic rings. The molecule has 148 valence electrons. The minimum Gasteiger partial charge on any atom is -0.479 e. The number of hydrogen-bond acceptors (Lipinski definition) is 3. The van der Waals surface area contributed by atoms with Gasteiger partial charge in [-0.25, -0.2) is 4.79 Å². The lowest BCUT2D eigenvalue weighted by molar-refractivity contribution is -0.145. The summed E-state index contributed by atoms with van der Waals surface area (Å²) in [6, 6.07) is 22.3. The quantitative estimate of drug-likeness (QED) is 0.487. The summed E-state index contributed by atoms with van der Waals surface area (Å²) in [5.74, 6) is -0.922. The monoisotopic (exact) mass is 408 g/mol. The summed E-state index contributed by atoms with van der Waals surface area (Å²) in [7, 11) is 0. The van der Waals surface area contributed by atoms with Gasteiger partial charge in [0.05, 0.1) is 5.56 Å². The number of benzene rings is 3. The highest BCUT2D eigenvalue weighted by atomic mass is 35.5. The highest BCUT2D eigenvalue weighted by molar-refractivity contribution is 6.30. The van der Waals surface area contributed by atoms with Crippen molar-refractivity contribution in [1.82, 2.24) is 0 Å². The third-order valence-corrected chi connectivity index (χ3v) is 4.89. The van der Waals surface area contributed by atoms with Crippen LogP contribution in [-0.2, 0) is 11.2 Å². The molecule has 0 heterocycles. The Hall–Kier alpha value is -3.11. The fourth-order valence-corrected chi connectivity index (χ4v) is 3.18. The molecule has 0 aliphatic heterocycles. The summed E-state index contributed by atoms with van der Waals surface area (Å²) >= 11 is 5.93. The first-order chi connectivity index (χ1) is 13.9. The standard InChI is InChI=1S/C24H21ClO4/c1-16(26)21-4-2-3-5-22(21)29-23(24(27)28)15-8-17-6-9-18(10-7-17)19-11-13-20(25)14-12-19/h2-7,9-14,23H,8,15H2,1H3,(H,27,28). The van der Waals surface area contributed by atoms with Crippen LogP contribution in [0.4, 0.5) is 0 Å². The smallest absolute Gasteiger partial charge is 0.344 e. The molecule has 0 saturated carbocycles. The lowest BCUT2D eigenvalue weighted by Crippen LogP contribution is -2.28. The maximum Gasteiger partial charge on any atom is 0.344 e. The predicted octanol–water partition coefficient (Wildman–Crippen LogP) is 5.67. The predicted molar refractivity (Wildman–Crippen MR) is 114 cm³/mol. The molecule has 29 heavy (non-hydrogen) atoms. The number of carbonyl (C=O) groups excluding carboxylic acids is 1. The highest BCUT2D eigenvalue weighted by Gasteiger charge is 2.21. The molecule has 1 atom stereocenters. The van der Waals surface area contributed by atoms with Gasteiger partial charge in [-0.2, -0.15) is 0 Å². The fraction of sp³-hybridized carbons (Fsp3) is 0.167. The lowest BCUT2D eigenvalue weighted by Gasteiger charge is -2.17. The number of carboxylic acid groups (broad SMARTS) is 1. The van der Waals surface area contributed by atoms with E-state index < -0.39 is 12.1 Å². The van der Waals surface area contributed by atoms with E-state index in [9.17, 15) is 14.7 Å². The average Bonchev–Trinajstić information content (AvgIpc) is 2.72. The van der Waals surface area contributed by atoms with Crippen molar-refractivity contribution in [3.05, 3.63) is 88.9 Å². The van der Waals surface area contributed by atoms with Gasteiger partial charge in [0.15, 0.2) is 11.9 Å². The first kappa shape index (κ1) is 20.6. The van der Waals surface area contributed by atoms with E-state index in [4.69, 9.17) is 16.3 Å². The van der Waals surface area contributed by atoms with Crippen molar-refractivity contribution in [1.29, 1.82) is 0 Å². The molecule has 0 saturated heterocycles. The van der Waals surface area contributed by atoms with Crippen molar-refractivity contribution in [2.75, 3.05) is 0 Å². The molecule has 5 heteroatoms. The number of carbonyl (C=O) groups is 2. The van der Waals surface area contributed by atoms with Crippen LogP contribution in [0.25, 0.3) is 11.1 Å². The third kappa shape index (κ3) is 5.46. The Morgan fingerprint density at radius 1 is 0.931 bits per heavy atom. The molecule has 4 nitrogen and oxygen atoms in total. The first-order valence-corrected chi connectivity index (χ1v) is 9.66.